The van der Waals surface area contributed by atoms with Crippen molar-refractivity contribution in [1.29, 1.82) is 0 Å². The highest BCUT2D eigenvalue weighted by Gasteiger charge is 2.46. The molecule has 0 saturated heterocycles. The van der Waals surface area contributed by atoms with E-state index in [0.29, 0.717) is 50.9 Å². The SMILES string of the molecule is CC(S)C1CCCC(C(C)S)C(C)(C)[C@H](C)[C@H](C)C(C)C1(C)C. The molecule has 0 bridgehead atoms. The van der Waals surface area contributed by atoms with E-state index >= 15 is 0 Å². The Bertz CT molecular complexity index is 336. The van der Waals surface area contributed by atoms with E-state index in [-0.39, 0.29) is 0 Å². The molecule has 5 unspecified atom stereocenters. The molecule has 1 fully saturated rings. The van der Waals surface area contributed by atoms with E-state index in [4.69, 9.17) is 25.3 Å². The van der Waals surface area contributed by atoms with E-state index in [1.165, 1.54) is 19.3 Å². The van der Waals surface area contributed by atoms with Gasteiger partial charge in [0.1, 0.15) is 0 Å². The summed E-state index contributed by atoms with van der Waals surface area (Å²) in [7, 11) is 0. The fraction of sp³-hybridized carbons (Fsp3) is 1.00. The molecule has 23 heavy (non-hydrogen) atoms. The summed E-state index contributed by atoms with van der Waals surface area (Å²) in [6, 6.07) is 0. The minimum absolute atomic E-state index is 0.338. The van der Waals surface area contributed by atoms with Gasteiger partial charge in [0.05, 0.1) is 0 Å². The maximum atomic E-state index is 4.87. The van der Waals surface area contributed by atoms with Gasteiger partial charge in [0.2, 0.25) is 0 Å². The zero-order valence-corrected chi connectivity index (χ0v) is 18.8. The molecule has 0 aliphatic heterocycles. The number of thiol groups is 2. The van der Waals surface area contributed by atoms with Gasteiger partial charge in [-0.3, -0.25) is 0 Å². The van der Waals surface area contributed by atoms with Crippen LogP contribution < -0.4 is 0 Å². The standard InChI is InChI=1S/C21H42S2/c1-13-14(2)20(6,7)18(16(4)22)11-10-12-19(17(5)23)21(8,9)15(13)3/h13-19,22-23H,10-12H2,1-9H3/t13-,14+,15?,16?,17?,18?,19?/m0/s1. The van der Waals surface area contributed by atoms with Crippen molar-refractivity contribution in [2.45, 2.75) is 92.1 Å². The Balaban J connectivity index is 3.25. The fourth-order valence-electron chi connectivity index (χ4n) is 5.49. The average molecular weight is 359 g/mol. The van der Waals surface area contributed by atoms with Gasteiger partial charge in [-0.1, -0.05) is 68.7 Å². The summed E-state index contributed by atoms with van der Waals surface area (Å²) >= 11 is 9.75. The highest BCUT2D eigenvalue weighted by atomic mass is 32.1. The van der Waals surface area contributed by atoms with Gasteiger partial charge in [-0.2, -0.15) is 25.3 Å². The van der Waals surface area contributed by atoms with E-state index in [2.05, 4.69) is 62.3 Å². The average Bonchev–Trinajstić information content (AvgIpc) is 2.42. The summed E-state index contributed by atoms with van der Waals surface area (Å²) in [5, 5.41) is 0.934. The van der Waals surface area contributed by atoms with Crippen LogP contribution in [0.1, 0.15) is 81.6 Å². The lowest BCUT2D eigenvalue weighted by Crippen LogP contribution is -2.46. The summed E-state index contributed by atoms with van der Waals surface area (Å²) < 4.78 is 0. The van der Waals surface area contributed by atoms with Crippen LogP contribution in [-0.2, 0) is 0 Å². The van der Waals surface area contributed by atoms with Crippen LogP contribution >= 0.6 is 25.3 Å². The Morgan fingerprint density at radius 2 is 1.04 bits per heavy atom. The Kier molecular flexibility index (Phi) is 7.50. The Hall–Kier alpha value is 0.700. The Morgan fingerprint density at radius 1 is 0.739 bits per heavy atom. The van der Waals surface area contributed by atoms with Crippen molar-refractivity contribution < 1.29 is 0 Å². The first-order chi connectivity index (χ1) is 10.3. The number of hydrogen-bond donors (Lipinski definition) is 2. The number of rotatable bonds is 2. The van der Waals surface area contributed by atoms with Gasteiger partial charge in [0, 0.05) is 10.5 Å². The second-order valence-corrected chi connectivity index (χ2v) is 11.3. The summed E-state index contributed by atoms with van der Waals surface area (Å²) in [4.78, 5) is 0. The van der Waals surface area contributed by atoms with Crippen molar-refractivity contribution in [3.8, 4) is 0 Å². The molecular formula is C21H42S2. The number of hydrogen-bond acceptors (Lipinski definition) is 2. The molecule has 0 N–H and O–H groups in total. The van der Waals surface area contributed by atoms with Crippen molar-refractivity contribution in [2.75, 3.05) is 0 Å². The topological polar surface area (TPSA) is 0 Å². The third kappa shape index (κ3) is 4.46. The summed E-state index contributed by atoms with van der Waals surface area (Å²) in [5.41, 5.74) is 0.675. The first-order valence-corrected chi connectivity index (χ1v) is 10.7. The molecule has 2 heteroatoms. The molecule has 1 aliphatic rings. The van der Waals surface area contributed by atoms with Gasteiger partial charge < -0.3 is 0 Å². The fourth-order valence-corrected chi connectivity index (χ4v) is 6.56. The minimum atomic E-state index is 0.338. The highest BCUT2D eigenvalue weighted by molar-refractivity contribution is 7.81. The Labute approximate surface area is 157 Å². The molecule has 1 aliphatic carbocycles. The lowest BCUT2D eigenvalue weighted by molar-refractivity contribution is -0.00844. The van der Waals surface area contributed by atoms with Crippen molar-refractivity contribution in [2.24, 2.45) is 40.4 Å². The minimum Gasteiger partial charge on any atom is -0.176 e. The monoisotopic (exact) mass is 358 g/mol. The zero-order valence-electron chi connectivity index (χ0n) is 17.1. The predicted octanol–water partition coefficient (Wildman–Crippen LogP) is 7.00. The van der Waals surface area contributed by atoms with Crippen molar-refractivity contribution in [3.05, 3.63) is 0 Å². The molecule has 0 amide bonds. The van der Waals surface area contributed by atoms with Crippen molar-refractivity contribution >= 4 is 25.3 Å². The van der Waals surface area contributed by atoms with E-state index in [9.17, 15) is 0 Å². The van der Waals surface area contributed by atoms with Crippen LogP contribution in [-0.4, -0.2) is 10.5 Å². The molecule has 0 radical (unpaired) electrons. The van der Waals surface area contributed by atoms with E-state index in [0.717, 1.165) is 0 Å². The van der Waals surface area contributed by atoms with Crippen LogP contribution in [0.3, 0.4) is 0 Å². The smallest absolute Gasteiger partial charge is 0.00219 e. The molecule has 138 valence electrons. The zero-order chi connectivity index (χ0) is 18.2. The third-order valence-corrected chi connectivity index (χ3v) is 8.75. The van der Waals surface area contributed by atoms with Crippen LogP contribution in [0.5, 0.6) is 0 Å². The largest absolute Gasteiger partial charge is 0.176 e. The van der Waals surface area contributed by atoms with Gasteiger partial charge in [-0.25, -0.2) is 0 Å². The molecule has 1 rings (SSSR count). The maximum absolute atomic E-state index is 4.87. The lowest BCUT2D eigenvalue weighted by Gasteiger charge is -2.52. The second-order valence-electron chi connectivity index (χ2n) is 9.70. The van der Waals surface area contributed by atoms with Gasteiger partial charge >= 0.3 is 0 Å². The van der Waals surface area contributed by atoms with Crippen LogP contribution in [0.4, 0.5) is 0 Å². The predicted molar refractivity (Wildman–Crippen MR) is 113 cm³/mol. The first kappa shape index (κ1) is 21.7. The highest BCUT2D eigenvalue weighted by Crippen LogP contribution is 2.53. The molecular weight excluding hydrogens is 316 g/mol. The third-order valence-electron chi connectivity index (χ3n) is 8.03. The Morgan fingerprint density at radius 3 is 1.30 bits per heavy atom. The quantitative estimate of drug-likeness (QED) is 0.488. The van der Waals surface area contributed by atoms with Gasteiger partial charge in [-0.05, 0) is 53.3 Å². The molecule has 0 aromatic heterocycles. The van der Waals surface area contributed by atoms with E-state index < -0.39 is 0 Å². The molecule has 7 atom stereocenters. The summed E-state index contributed by atoms with van der Waals surface area (Å²) in [6.45, 7) is 22.0. The molecule has 0 spiro atoms. The molecule has 0 heterocycles. The summed E-state index contributed by atoms with van der Waals surface area (Å²) in [6.07, 6.45) is 3.91. The van der Waals surface area contributed by atoms with Gasteiger partial charge in [0.15, 0.2) is 0 Å². The van der Waals surface area contributed by atoms with Crippen LogP contribution in [0.15, 0.2) is 0 Å². The molecule has 1 saturated carbocycles. The maximum Gasteiger partial charge on any atom is 0.00219 e. The molecule has 0 nitrogen and oxygen atoms in total. The van der Waals surface area contributed by atoms with Gasteiger partial charge in [0.25, 0.3) is 0 Å². The van der Waals surface area contributed by atoms with Crippen LogP contribution in [0.2, 0.25) is 0 Å². The first-order valence-electron chi connectivity index (χ1n) is 9.71. The van der Waals surface area contributed by atoms with E-state index in [1.807, 2.05) is 0 Å². The molecule has 0 aromatic carbocycles. The van der Waals surface area contributed by atoms with E-state index in [1.54, 1.807) is 0 Å². The normalized spacial score (nSPS) is 41.1. The van der Waals surface area contributed by atoms with Crippen LogP contribution in [0, 0.1) is 40.4 Å². The molecule has 0 aromatic rings. The second kappa shape index (κ2) is 7.94. The van der Waals surface area contributed by atoms with Crippen molar-refractivity contribution in [3.63, 3.8) is 0 Å². The van der Waals surface area contributed by atoms with Crippen molar-refractivity contribution in [1.82, 2.24) is 0 Å². The van der Waals surface area contributed by atoms with Crippen LogP contribution in [0.25, 0.3) is 0 Å². The lowest BCUT2D eigenvalue weighted by atomic mass is 9.55. The summed E-state index contributed by atoms with van der Waals surface area (Å²) in [5.74, 6) is 3.48. The van der Waals surface area contributed by atoms with Gasteiger partial charge in [-0.15, -0.1) is 0 Å².